The highest BCUT2D eigenvalue weighted by Gasteiger charge is 2.16. The second-order valence-electron chi connectivity index (χ2n) is 5.92. The Morgan fingerprint density at radius 1 is 1.20 bits per heavy atom. The third-order valence-corrected chi connectivity index (χ3v) is 3.90. The van der Waals surface area contributed by atoms with Crippen molar-refractivity contribution in [1.82, 2.24) is 5.32 Å². The van der Waals surface area contributed by atoms with Crippen molar-refractivity contribution < 1.29 is 18.5 Å². The monoisotopic (exact) mass is 348 g/mol. The van der Waals surface area contributed by atoms with E-state index in [1.165, 1.54) is 24.3 Å². The van der Waals surface area contributed by atoms with Gasteiger partial charge in [-0.2, -0.15) is 0 Å². The molecule has 1 atom stereocenters. The van der Waals surface area contributed by atoms with Gasteiger partial charge in [0.15, 0.2) is 11.6 Å². The highest BCUT2D eigenvalue weighted by molar-refractivity contribution is 5.96. The maximum Gasteiger partial charge on any atom is 0.270 e. The molecule has 0 fully saturated rings. The zero-order valence-electron chi connectivity index (χ0n) is 13.9. The van der Waals surface area contributed by atoms with E-state index in [-0.39, 0.29) is 17.3 Å². The van der Waals surface area contributed by atoms with Crippen molar-refractivity contribution in [2.75, 3.05) is 0 Å². The maximum absolute atomic E-state index is 13.2. The molecule has 25 heavy (non-hydrogen) atoms. The number of nitrogens with one attached hydrogen (secondary N) is 1. The fourth-order valence-electron chi connectivity index (χ4n) is 2.42. The number of hydrogen-bond acceptors (Lipinski definition) is 3. The van der Waals surface area contributed by atoms with Crippen molar-refractivity contribution in [2.45, 2.75) is 32.7 Å². The molecule has 0 aliphatic rings. The third-order valence-electron chi connectivity index (χ3n) is 3.90. The molecule has 132 valence electrons. The maximum atomic E-state index is 13.2. The zero-order chi connectivity index (χ0) is 18.6. The predicted octanol–water partition coefficient (Wildman–Crippen LogP) is 3.93. The molecule has 7 heteroatoms. The molecular weight excluding hydrogens is 330 g/mol. The van der Waals surface area contributed by atoms with E-state index in [2.05, 4.69) is 5.32 Å². The molecule has 5 nitrogen and oxygen atoms in total. The number of non-ortho nitro benzene ring substituents is 1. The first-order valence-electron chi connectivity index (χ1n) is 7.77. The van der Waals surface area contributed by atoms with Gasteiger partial charge in [0, 0.05) is 23.7 Å². The van der Waals surface area contributed by atoms with Crippen molar-refractivity contribution in [3.05, 3.63) is 74.8 Å². The van der Waals surface area contributed by atoms with E-state index in [0.717, 1.165) is 12.1 Å². The van der Waals surface area contributed by atoms with E-state index in [1.54, 1.807) is 13.8 Å². The molecule has 0 heterocycles. The van der Waals surface area contributed by atoms with Gasteiger partial charge in [0.2, 0.25) is 0 Å². The molecule has 0 bridgehead atoms. The van der Waals surface area contributed by atoms with Crippen LogP contribution in [0.15, 0.2) is 36.4 Å². The Morgan fingerprint density at radius 2 is 1.92 bits per heavy atom. The lowest BCUT2D eigenvalue weighted by atomic mass is 10.0. The number of amides is 1. The Morgan fingerprint density at radius 3 is 2.56 bits per heavy atom. The summed E-state index contributed by atoms with van der Waals surface area (Å²) in [5.74, 6) is -2.20. The van der Waals surface area contributed by atoms with E-state index in [1.807, 2.05) is 0 Å². The minimum absolute atomic E-state index is 0.148. The second-order valence-corrected chi connectivity index (χ2v) is 5.92. The van der Waals surface area contributed by atoms with Gasteiger partial charge in [0.25, 0.3) is 11.6 Å². The van der Waals surface area contributed by atoms with Crippen LogP contribution in [0, 0.1) is 28.7 Å². The van der Waals surface area contributed by atoms with Gasteiger partial charge in [-0.05, 0) is 49.9 Å². The van der Waals surface area contributed by atoms with E-state index in [9.17, 15) is 23.7 Å². The number of hydrogen-bond donors (Lipinski definition) is 1. The van der Waals surface area contributed by atoms with Crippen molar-refractivity contribution in [1.29, 1.82) is 0 Å². The van der Waals surface area contributed by atoms with Crippen LogP contribution in [0.3, 0.4) is 0 Å². The number of rotatable bonds is 6. The molecule has 0 aliphatic heterocycles. The summed E-state index contributed by atoms with van der Waals surface area (Å²) in [7, 11) is 0. The first-order valence-corrected chi connectivity index (χ1v) is 7.77. The summed E-state index contributed by atoms with van der Waals surface area (Å²) in [6.45, 7) is 3.48. The van der Waals surface area contributed by atoms with Crippen molar-refractivity contribution in [2.24, 2.45) is 0 Å². The van der Waals surface area contributed by atoms with Crippen LogP contribution in [0.2, 0.25) is 0 Å². The summed E-state index contributed by atoms with van der Waals surface area (Å²) in [5.41, 5.74) is 1.36. The Labute approximate surface area is 143 Å². The number of nitro benzene ring substituents is 1. The third kappa shape index (κ3) is 4.82. The molecule has 0 spiro atoms. The van der Waals surface area contributed by atoms with Gasteiger partial charge in [-0.3, -0.25) is 14.9 Å². The van der Waals surface area contributed by atoms with Gasteiger partial charge in [-0.1, -0.05) is 12.1 Å². The molecule has 1 amide bonds. The number of halogens is 2. The molecule has 0 aromatic heterocycles. The Bertz CT molecular complexity index is 809. The predicted molar refractivity (Wildman–Crippen MR) is 89.4 cm³/mol. The van der Waals surface area contributed by atoms with Gasteiger partial charge in [0.1, 0.15) is 0 Å². The highest BCUT2D eigenvalue weighted by atomic mass is 19.2. The molecule has 1 N–H and O–H groups in total. The molecule has 1 unspecified atom stereocenters. The first kappa shape index (κ1) is 18.5. The standard InChI is InChI=1S/C18H18F2N2O3/c1-11-3-7-14(22(24)25)10-15(11)18(23)21-12(2)4-5-13-6-8-16(19)17(20)9-13/h3,6-10,12H,4-5H2,1-2H3,(H,21,23). The number of benzene rings is 2. The lowest BCUT2D eigenvalue weighted by Crippen LogP contribution is -2.33. The first-order chi connectivity index (χ1) is 11.8. The van der Waals surface area contributed by atoms with E-state index >= 15 is 0 Å². The number of aryl methyl sites for hydroxylation is 2. The summed E-state index contributed by atoms with van der Waals surface area (Å²) in [4.78, 5) is 22.6. The molecule has 0 saturated heterocycles. The quantitative estimate of drug-likeness (QED) is 0.635. The average Bonchev–Trinajstić information content (AvgIpc) is 2.56. The van der Waals surface area contributed by atoms with E-state index in [4.69, 9.17) is 0 Å². The number of carbonyl (C=O) groups is 1. The van der Waals surface area contributed by atoms with Crippen LogP contribution in [0.1, 0.15) is 34.8 Å². The van der Waals surface area contributed by atoms with E-state index < -0.39 is 22.5 Å². The van der Waals surface area contributed by atoms with Crippen molar-refractivity contribution in [3.63, 3.8) is 0 Å². The van der Waals surface area contributed by atoms with Crippen LogP contribution in [0.25, 0.3) is 0 Å². The fourth-order valence-corrected chi connectivity index (χ4v) is 2.42. The van der Waals surface area contributed by atoms with Gasteiger partial charge in [-0.25, -0.2) is 8.78 Å². The number of nitrogens with zero attached hydrogens (tertiary/aromatic N) is 1. The summed E-state index contributed by atoms with van der Waals surface area (Å²) in [6.07, 6.45) is 0.983. The van der Waals surface area contributed by atoms with Gasteiger partial charge >= 0.3 is 0 Å². The van der Waals surface area contributed by atoms with Crippen molar-refractivity contribution >= 4 is 11.6 Å². The van der Waals surface area contributed by atoms with Crippen LogP contribution < -0.4 is 5.32 Å². The molecule has 2 aromatic carbocycles. The van der Waals surface area contributed by atoms with Gasteiger partial charge < -0.3 is 5.32 Å². The summed E-state index contributed by atoms with van der Waals surface area (Å²) >= 11 is 0. The fraction of sp³-hybridized carbons (Fsp3) is 0.278. The minimum Gasteiger partial charge on any atom is -0.350 e. The molecule has 0 aliphatic carbocycles. The zero-order valence-corrected chi connectivity index (χ0v) is 13.9. The van der Waals surface area contributed by atoms with Gasteiger partial charge in [-0.15, -0.1) is 0 Å². The largest absolute Gasteiger partial charge is 0.350 e. The summed E-state index contributed by atoms with van der Waals surface area (Å²) < 4.78 is 26.1. The van der Waals surface area contributed by atoms with E-state index in [0.29, 0.717) is 24.0 Å². The number of carbonyl (C=O) groups excluding carboxylic acids is 1. The molecular formula is C18H18F2N2O3. The Balaban J connectivity index is 1.99. The average molecular weight is 348 g/mol. The summed E-state index contributed by atoms with van der Waals surface area (Å²) in [5, 5.41) is 13.6. The minimum atomic E-state index is -0.901. The van der Waals surface area contributed by atoms with Crippen LogP contribution in [0.4, 0.5) is 14.5 Å². The smallest absolute Gasteiger partial charge is 0.270 e. The molecule has 2 aromatic rings. The molecule has 0 radical (unpaired) electrons. The normalized spacial score (nSPS) is 11.8. The lowest BCUT2D eigenvalue weighted by Gasteiger charge is -2.15. The SMILES string of the molecule is Cc1ccc([N+](=O)[O-])cc1C(=O)NC(C)CCc1ccc(F)c(F)c1. The topological polar surface area (TPSA) is 72.2 Å². The summed E-state index contributed by atoms with van der Waals surface area (Å²) in [6, 6.07) is 7.58. The van der Waals surface area contributed by atoms with Crippen LogP contribution >= 0.6 is 0 Å². The van der Waals surface area contributed by atoms with Gasteiger partial charge in [0.05, 0.1) is 4.92 Å². The van der Waals surface area contributed by atoms with Crippen LogP contribution in [0.5, 0.6) is 0 Å². The number of nitro groups is 1. The van der Waals surface area contributed by atoms with Crippen molar-refractivity contribution in [3.8, 4) is 0 Å². The Kier molecular flexibility index (Phi) is 5.80. The van der Waals surface area contributed by atoms with Crippen LogP contribution in [-0.4, -0.2) is 16.9 Å². The molecule has 0 saturated carbocycles. The van der Waals surface area contributed by atoms with Crippen LogP contribution in [-0.2, 0) is 6.42 Å². The second kappa shape index (κ2) is 7.83. The molecule has 2 rings (SSSR count). The Hall–Kier alpha value is -2.83. The highest BCUT2D eigenvalue weighted by Crippen LogP contribution is 2.18. The lowest BCUT2D eigenvalue weighted by molar-refractivity contribution is -0.384.